The third-order valence-corrected chi connectivity index (χ3v) is 4.95. The molecule has 1 aromatic carbocycles. The van der Waals surface area contributed by atoms with Crippen molar-refractivity contribution in [3.63, 3.8) is 0 Å². The number of hydrogen-bond acceptors (Lipinski definition) is 5. The molecule has 0 atom stereocenters. The number of ether oxygens (including phenoxy) is 1. The van der Waals surface area contributed by atoms with Gasteiger partial charge in [-0.3, -0.25) is 4.79 Å². The standard InChI is InChI=1S/C21H24ClN3O3/c1-3-28-21(27)16-8-9-17(23-14(16)2)20(26)24-18-13-15(22)7-10-19(18)25-11-5-4-6-12-25/h7-10,13H,3-6,11-12H2,1-2H3,(H,24,26). The minimum Gasteiger partial charge on any atom is -0.462 e. The third kappa shape index (κ3) is 4.62. The number of rotatable bonds is 5. The molecule has 2 aromatic rings. The second kappa shape index (κ2) is 9.06. The van der Waals surface area contributed by atoms with Crippen LogP contribution in [0.2, 0.25) is 5.02 Å². The third-order valence-electron chi connectivity index (χ3n) is 4.72. The molecular weight excluding hydrogens is 378 g/mol. The van der Waals surface area contributed by atoms with Crippen molar-refractivity contribution in [2.75, 3.05) is 29.9 Å². The maximum absolute atomic E-state index is 12.8. The van der Waals surface area contributed by atoms with Crippen molar-refractivity contribution in [2.24, 2.45) is 0 Å². The summed E-state index contributed by atoms with van der Waals surface area (Å²) in [5.74, 6) is -0.791. The number of benzene rings is 1. The Morgan fingerprint density at radius 1 is 1.18 bits per heavy atom. The van der Waals surface area contributed by atoms with Crippen LogP contribution < -0.4 is 10.2 Å². The lowest BCUT2D eigenvalue weighted by Gasteiger charge is -2.30. The van der Waals surface area contributed by atoms with Crippen LogP contribution in [0.15, 0.2) is 30.3 Å². The van der Waals surface area contributed by atoms with E-state index in [4.69, 9.17) is 16.3 Å². The fourth-order valence-electron chi connectivity index (χ4n) is 3.32. The Morgan fingerprint density at radius 3 is 2.61 bits per heavy atom. The van der Waals surface area contributed by atoms with E-state index in [0.717, 1.165) is 31.6 Å². The van der Waals surface area contributed by atoms with Gasteiger partial charge in [-0.05, 0) is 63.4 Å². The van der Waals surface area contributed by atoms with Gasteiger partial charge in [0, 0.05) is 18.1 Å². The molecule has 6 nitrogen and oxygen atoms in total. The van der Waals surface area contributed by atoms with E-state index in [0.29, 0.717) is 22.0 Å². The zero-order valence-corrected chi connectivity index (χ0v) is 16.9. The lowest BCUT2D eigenvalue weighted by atomic mass is 10.1. The maximum atomic E-state index is 12.8. The van der Waals surface area contributed by atoms with Gasteiger partial charge in [0.2, 0.25) is 0 Å². The minimum absolute atomic E-state index is 0.232. The van der Waals surface area contributed by atoms with Gasteiger partial charge in [-0.2, -0.15) is 0 Å². The van der Waals surface area contributed by atoms with Crippen LogP contribution in [0.4, 0.5) is 11.4 Å². The molecule has 3 rings (SSSR count). The van der Waals surface area contributed by atoms with Crippen molar-refractivity contribution in [1.29, 1.82) is 0 Å². The van der Waals surface area contributed by atoms with Gasteiger partial charge in [-0.1, -0.05) is 11.6 Å². The summed E-state index contributed by atoms with van der Waals surface area (Å²) < 4.78 is 5.00. The number of carbonyl (C=O) groups is 2. The molecule has 1 aliphatic rings. The van der Waals surface area contributed by atoms with E-state index in [2.05, 4.69) is 15.2 Å². The number of hydrogen-bond donors (Lipinski definition) is 1. The molecule has 0 unspecified atom stereocenters. The first-order chi connectivity index (χ1) is 13.5. The summed E-state index contributed by atoms with van der Waals surface area (Å²) in [6.07, 6.45) is 3.49. The fraction of sp³-hybridized carbons (Fsp3) is 0.381. The van der Waals surface area contributed by atoms with E-state index in [-0.39, 0.29) is 18.2 Å². The second-order valence-electron chi connectivity index (χ2n) is 6.71. The Labute approximate surface area is 169 Å². The zero-order valence-electron chi connectivity index (χ0n) is 16.1. The molecule has 1 aliphatic heterocycles. The topological polar surface area (TPSA) is 71.5 Å². The predicted molar refractivity (Wildman–Crippen MR) is 110 cm³/mol. The smallest absolute Gasteiger partial charge is 0.339 e. The molecule has 0 bridgehead atoms. The number of nitrogens with one attached hydrogen (secondary N) is 1. The van der Waals surface area contributed by atoms with Crippen LogP contribution in [0.1, 0.15) is 52.7 Å². The minimum atomic E-state index is -0.443. The maximum Gasteiger partial charge on any atom is 0.339 e. The van der Waals surface area contributed by atoms with Crippen molar-refractivity contribution in [3.05, 3.63) is 52.3 Å². The summed E-state index contributed by atoms with van der Waals surface area (Å²) in [7, 11) is 0. The summed E-state index contributed by atoms with van der Waals surface area (Å²) in [5.41, 5.74) is 2.66. The second-order valence-corrected chi connectivity index (χ2v) is 7.15. The van der Waals surface area contributed by atoms with Gasteiger partial charge in [-0.25, -0.2) is 9.78 Å². The number of aryl methyl sites for hydroxylation is 1. The van der Waals surface area contributed by atoms with Crippen LogP contribution in [-0.2, 0) is 4.74 Å². The SMILES string of the molecule is CCOC(=O)c1ccc(C(=O)Nc2cc(Cl)ccc2N2CCCCC2)nc1C. The lowest BCUT2D eigenvalue weighted by Crippen LogP contribution is -2.30. The fourth-order valence-corrected chi connectivity index (χ4v) is 3.49. The van der Waals surface area contributed by atoms with E-state index < -0.39 is 5.97 Å². The van der Waals surface area contributed by atoms with Crippen LogP contribution in [-0.4, -0.2) is 36.6 Å². The van der Waals surface area contributed by atoms with Crippen LogP contribution in [0.5, 0.6) is 0 Å². The van der Waals surface area contributed by atoms with E-state index in [1.807, 2.05) is 12.1 Å². The molecule has 1 N–H and O–H groups in total. The molecule has 1 saturated heterocycles. The zero-order chi connectivity index (χ0) is 20.1. The van der Waals surface area contributed by atoms with Gasteiger partial charge >= 0.3 is 5.97 Å². The van der Waals surface area contributed by atoms with Crippen molar-refractivity contribution >= 4 is 34.9 Å². The molecular formula is C21H24ClN3O3. The molecule has 0 radical (unpaired) electrons. The van der Waals surface area contributed by atoms with Crippen molar-refractivity contribution in [3.8, 4) is 0 Å². The lowest BCUT2D eigenvalue weighted by molar-refractivity contribution is 0.0524. The summed E-state index contributed by atoms with van der Waals surface area (Å²) >= 11 is 6.16. The Hall–Kier alpha value is -2.60. The first-order valence-electron chi connectivity index (χ1n) is 9.50. The molecule has 148 valence electrons. The average molecular weight is 402 g/mol. The van der Waals surface area contributed by atoms with Crippen molar-refractivity contribution in [2.45, 2.75) is 33.1 Å². The summed E-state index contributed by atoms with van der Waals surface area (Å²) in [6.45, 7) is 5.62. The van der Waals surface area contributed by atoms with Gasteiger partial charge in [-0.15, -0.1) is 0 Å². The van der Waals surface area contributed by atoms with Gasteiger partial charge in [0.25, 0.3) is 5.91 Å². The summed E-state index contributed by atoms with van der Waals surface area (Å²) in [4.78, 5) is 31.2. The highest BCUT2D eigenvalue weighted by atomic mass is 35.5. The van der Waals surface area contributed by atoms with Gasteiger partial charge in [0.15, 0.2) is 0 Å². The van der Waals surface area contributed by atoms with Gasteiger partial charge in [0.05, 0.1) is 29.2 Å². The van der Waals surface area contributed by atoms with Crippen molar-refractivity contribution < 1.29 is 14.3 Å². The number of piperidine rings is 1. The quantitative estimate of drug-likeness (QED) is 0.749. The number of amides is 1. The number of aromatic nitrogens is 1. The Morgan fingerprint density at radius 2 is 1.93 bits per heavy atom. The number of pyridine rings is 1. The molecule has 28 heavy (non-hydrogen) atoms. The number of esters is 1. The molecule has 0 saturated carbocycles. The number of nitrogens with zero attached hydrogens (tertiary/aromatic N) is 2. The van der Waals surface area contributed by atoms with Gasteiger partial charge in [0.1, 0.15) is 5.69 Å². The molecule has 0 spiro atoms. The molecule has 1 aromatic heterocycles. The predicted octanol–water partition coefficient (Wildman–Crippen LogP) is 4.46. The molecule has 7 heteroatoms. The average Bonchev–Trinajstić information content (AvgIpc) is 2.68. The summed E-state index contributed by atoms with van der Waals surface area (Å²) in [6, 6.07) is 8.62. The summed E-state index contributed by atoms with van der Waals surface area (Å²) in [5, 5.41) is 3.48. The number of halogens is 1. The number of anilines is 2. The monoisotopic (exact) mass is 401 g/mol. The molecule has 1 amide bonds. The largest absolute Gasteiger partial charge is 0.462 e. The Balaban J connectivity index is 1.82. The first-order valence-corrected chi connectivity index (χ1v) is 9.88. The van der Waals surface area contributed by atoms with Crippen molar-refractivity contribution in [1.82, 2.24) is 4.98 Å². The van der Waals surface area contributed by atoms with E-state index >= 15 is 0 Å². The highest BCUT2D eigenvalue weighted by Crippen LogP contribution is 2.31. The van der Waals surface area contributed by atoms with Crippen LogP contribution in [0.3, 0.4) is 0 Å². The Kier molecular flexibility index (Phi) is 6.52. The van der Waals surface area contributed by atoms with E-state index in [9.17, 15) is 9.59 Å². The highest BCUT2D eigenvalue weighted by molar-refractivity contribution is 6.31. The Bertz CT molecular complexity index is 879. The van der Waals surface area contributed by atoms with E-state index in [1.54, 1.807) is 26.0 Å². The first kappa shape index (κ1) is 20.1. The van der Waals surface area contributed by atoms with Crippen LogP contribution in [0.25, 0.3) is 0 Å². The molecule has 1 fully saturated rings. The highest BCUT2D eigenvalue weighted by Gasteiger charge is 2.19. The van der Waals surface area contributed by atoms with E-state index in [1.165, 1.54) is 12.5 Å². The number of carbonyl (C=O) groups excluding carboxylic acids is 2. The van der Waals surface area contributed by atoms with Crippen LogP contribution in [0, 0.1) is 6.92 Å². The normalized spacial score (nSPS) is 13.9. The molecule has 2 heterocycles. The van der Waals surface area contributed by atoms with Gasteiger partial charge < -0.3 is 15.0 Å². The van der Waals surface area contributed by atoms with Crippen LogP contribution >= 0.6 is 11.6 Å². The molecule has 0 aliphatic carbocycles.